The molecule has 0 bridgehead atoms. The second kappa shape index (κ2) is 13.8. The zero-order valence-electron chi connectivity index (χ0n) is 32.4. The van der Waals surface area contributed by atoms with Crippen molar-refractivity contribution >= 4 is 54.4 Å². The summed E-state index contributed by atoms with van der Waals surface area (Å²) in [7, 11) is 0. The standard InChI is InChI=1S/C55H35N5/c1-3-13-36(14-4-1)38-23-27-40(28-24-38)53-56-54(41-29-25-39(26-30-41)37-15-5-2-6-16-37)58-55(57-53)60-51-34-43-18-8-7-17-42(43)33-48(51)47-32-31-44(35-52(47)60)59-49-21-11-9-19-45(49)46-20-10-12-22-50(46)59/h1-35H. The van der Waals surface area contributed by atoms with E-state index < -0.39 is 0 Å². The fourth-order valence-electron chi connectivity index (χ4n) is 8.85. The van der Waals surface area contributed by atoms with Crippen LogP contribution in [0.15, 0.2) is 212 Å². The first-order valence-corrected chi connectivity index (χ1v) is 20.3. The lowest BCUT2D eigenvalue weighted by Crippen LogP contribution is -2.06. The van der Waals surface area contributed by atoms with Crippen LogP contribution in [0.1, 0.15) is 0 Å². The van der Waals surface area contributed by atoms with Crippen LogP contribution in [-0.2, 0) is 0 Å². The smallest absolute Gasteiger partial charge is 0.238 e. The van der Waals surface area contributed by atoms with Gasteiger partial charge in [0, 0.05) is 38.4 Å². The molecule has 0 radical (unpaired) electrons. The van der Waals surface area contributed by atoms with Crippen molar-refractivity contribution in [3.8, 4) is 56.7 Å². The molecule has 0 atom stereocenters. The number of hydrogen-bond donors (Lipinski definition) is 0. The topological polar surface area (TPSA) is 48.5 Å². The number of benzene rings is 9. The Kier molecular flexibility index (Phi) is 7.78. The number of para-hydroxylation sites is 2. The highest BCUT2D eigenvalue weighted by Crippen LogP contribution is 2.38. The van der Waals surface area contributed by atoms with Crippen LogP contribution >= 0.6 is 0 Å². The average Bonchev–Trinajstić information content (AvgIpc) is 3.83. The van der Waals surface area contributed by atoms with Crippen LogP contribution < -0.4 is 0 Å². The van der Waals surface area contributed by atoms with Crippen molar-refractivity contribution in [2.75, 3.05) is 0 Å². The molecule has 280 valence electrons. The maximum atomic E-state index is 5.35. The average molecular weight is 766 g/mol. The van der Waals surface area contributed by atoms with Gasteiger partial charge in [-0.3, -0.25) is 4.57 Å². The molecule has 0 N–H and O–H groups in total. The van der Waals surface area contributed by atoms with E-state index in [1.165, 1.54) is 16.2 Å². The summed E-state index contributed by atoms with van der Waals surface area (Å²) in [5.41, 5.74) is 11.9. The molecular formula is C55H35N5. The van der Waals surface area contributed by atoms with Gasteiger partial charge in [0.2, 0.25) is 5.95 Å². The predicted molar refractivity (Wildman–Crippen MR) is 248 cm³/mol. The van der Waals surface area contributed by atoms with E-state index in [9.17, 15) is 0 Å². The Morgan fingerprint density at radius 3 is 1.27 bits per heavy atom. The van der Waals surface area contributed by atoms with E-state index in [1.807, 2.05) is 12.1 Å². The molecule has 0 spiro atoms. The molecule has 5 heteroatoms. The summed E-state index contributed by atoms with van der Waals surface area (Å²) < 4.78 is 4.61. The SMILES string of the molecule is c1ccc(-c2ccc(-c3nc(-c4ccc(-c5ccccc5)cc4)nc(-n4c5cc(-n6c7ccccc7c7ccccc76)ccc5c5cc6ccccc6cc54)n3)cc2)cc1. The summed E-state index contributed by atoms with van der Waals surface area (Å²) in [4.78, 5) is 15.9. The predicted octanol–water partition coefficient (Wildman–Crippen LogP) is 13.9. The van der Waals surface area contributed by atoms with Gasteiger partial charge in [0.15, 0.2) is 11.6 Å². The van der Waals surface area contributed by atoms with Crippen LogP contribution in [-0.4, -0.2) is 24.1 Å². The molecule has 0 saturated heterocycles. The van der Waals surface area contributed by atoms with Gasteiger partial charge in [-0.05, 0) is 69.4 Å². The van der Waals surface area contributed by atoms with E-state index in [1.54, 1.807) is 0 Å². The quantitative estimate of drug-likeness (QED) is 0.169. The summed E-state index contributed by atoms with van der Waals surface area (Å²) in [5.74, 6) is 1.77. The number of nitrogens with zero attached hydrogens (tertiary/aromatic N) is 5. The first kappa shape index (κ1) is 33.9. The largest absolute Gasteiger partial charge is 0.309 e. The van der Waals surface area contributed by atoms with Gasteiger partial charge in [0.25, 0.3) is 0 Å². The van der Waals surface area contributed by atoms with E-state index >= 15 is 0 Å². The monoisotopic (exact) mass is 765 g/mol. The van der Waals surface area contributed by atoms with Crippen LogP contribution in [0.4, 0.5) is 0 Å². The Bertz CT molecular complexity index is 3410. The van der Waals surface area contributed by atoms with Gasteiger partial charge in [-0.2, -0.15) is 9.97 Å². The summed E-state index contributed by atoms with van der Waals surface area (Å²) in [6.07, 6.45) is 0. The van der Waals surface area contributed by atoms with Crippen LogP contribution in [0.25, 0.3) is 111 Å². The summed E-state index contributed by atoms with van der Waals surface area (Å²) in [6.45, 7) is 0. The van der Waals surface area contributed by atoms with Gasteiger partial charge in [-0.25, -0.2) is 4.98 Å². The van der Waals surface area contributed by atoms with Crippen molar-refractivity contribution in [2.24, 2.45) is 0 Å². The highest BCUT2D eigenvalue weighted by molar-refractivity contribution is 6.14. The number of rotatable bonds is 6. The fraction of sp³-hybridized carbons (Fsp3) is 0. The Morgan fingerprint density at radius 1 is 0.267 bits per heavy atom. The third-order valence-electron chi connectivity index (χ3n) is 11.8. The maximum absolute atomic E-state index is 5.35. The molecule has 9 aromatic carbocycles. The van der Waals surface area contributed by atoms with Gasteiger partial charge in [-0.15, -0.1) is 0 Å². The summed E-state index contributed by atoms with van der Waals surface area (Å²) in [5, 5.41) is 7.05. The molecule has 0 saturated carbocycles. The first-order chi connectivity index (χ1) is 29.7. The Labute approximate surface area is 346 Å². The highest BCUT2D eigenvalue weighted by Gasteiger charge is 2.21. The lowest BCUT2D eigenvalue weighted by molar-refractivity contribution is 0.953. The fourth-order valence-corrected chi connectivity index (χ4v) is 8.85. The highest BCUT2D eigenvalue weighted by atomic mass is 15.2. The van der Waals surface area contributed by atoms with Crippen LogP contribution in [0.2, 0.25) is 0 Å². The van der Waals surface area contributed by atoms with Crippen molar-refractivity contribution in [1.82, 2.24) is 24.1 Å². The lowest BCUT2D eigenvalue weighted by atomic mass is 10.0. The van der Waals surface area contributed by atoms with Crippen LogP contribution in [0, 0.1) is 0 Å². The molecule has 0 fully saturated rings. The lowest BCUT2D eigenvalue weighted by Gasteiger charge is -2.13. The molecule has 0 aliphatic rings. The van der Waals surface area contributed by atoms with Gasteiger partial charge in [0.05, 0.1) is 22.1 Å². The molecule has 3 heterocycles. The zero-order valence-corrected chi connectivity index (χ0v) is 32.4. The van der Waals surface area contributed by atoms with Crippen molar-refractivity contribution in [1.29, 1.82) is 0 Å². The molecule has 0 unspecified atom stereocenters. The third kappa shape index (κ3) is 5.59. The minimum Gasteiger partial charge on any atom is -0.309 e. The summed E-state index contributed by atoms with van der Waals surface area (Å²) in [6, 6.07) is 75.2. The second-order valence-corrected chi connectivity index (χ2v) is 15.3. The Balaban J connectivity index is 1.12. The first-order valence-electron chi connectivity index (χ1n) is 20.3. The molecule has 12 rings (SSSR count). The number of hydrogen-bond acceptors (Lipinski definition) is 3. The Hall–Kier alpha value is -8.15. The second-order valence-electron chi connectivity index (χ2n) is 15.3. The number of aromatic nitrogens is 5. The maximum Gasteiger partial charge on any atom is 0.238 e. The molecular weight excluding hydrogens is 731 g/mol. The molecule has 12 aromatic rings. The minimum atomic E-state index is 0.559. The van der Waals surface area contributed by atoms with E-state index in [0.29, 0.717) is 17.6 Å². The van der Waals surface area contributed by atoms with Gasteiger partial charge >= 0.3 is 0 Å². The van der Waals surface area contributed by atoms with Crippen molar-refractivity contribution < 1.29 is 0 Å². The minimum absolute atomic E-state index is 0.559. The Morgan fingerprint density at radius 2 is 0.700 bits per heavy atom. The zero-order chi connectivity index (χ0) is 39.6. The van der Waals surface area contributed by atoms with Crippen LogP contribution in [0.3, 0.4) is 0 Å². The van der Waals surface area contributed by atoms with E-state index in [0.717, 1.165) is 77.3 Å². The van der Waals surface area contributed by atoms with E-state index in [-0.39, 0.29) is 0 Å². The van der Waals surface area contributed by atoms with E-state index in [2.05, 4.69) is 209 Å². The molecule has 0 aliphatic carbocycles. The van der Waals surface area contributed by atoms with Gasteiger partial charge in [-0.1, -0.05) is 176 Å². The molecule has 0 amide bonds. The third-order valence-corrected chi connectivity index (χ3v) is 11.8. The van der Waals surface area contributed by atoms with E-state index in [4.69, 9.17) is 15.0 Å². The normalized spacial score (nSPS) is 11.7. The summed E-state index contributed by atoms with van der Waals surface area (Å²) >= 11 is 0. The number of fused-ring (bicyclic) bond motifs is 7. The molecule has 5 nitrogen and oxygen atoms in total. The van der Waals surface area contributed by atoms with Gasteiger partial charge < -0.3 is 4.57 Å². The molecule has 3 aromatic heterocycles. The molecule has 60 heavy (non-hydrogen) atoms. The van der Waals surface area contributed by atoms with Gasteiger partial charge in [0.1, 0.15) is 0 Å². The van der Waals surface area contributed by atoms with Crippen LogP contribution in [0.5, 0.6) is 0 Å². The molecule has 0 aliphatic heterocycles. The van der Waals surface area contributed by atoms with Crippen molar-refractivity contribution in [2.45, 2.75) is 0 Å². The van der Waals surface area contributed by atoms with Crippen molar-refractivity contribution in [3.63, 3.8) is 0 Å². The van der Waals surface area contributed by atoms with Crippen molar-refractivity contribution in [3.05, 3.63) is 212 Å².